The fourth-order valence-electron chi connectivity index (χ4n) is 11.4. The van der Waals surface area contributed by atoms with Gasteiger partial charge in [-0.3, -0.25) is 44.3 Å². The van der Waals surface area contributed by atoms with Crippen molar-refractivity contribution in [1.29, 1.82) is 0 Å². The number of hydrogen-bond donors (Lipinski definition) is 2. The first-order valence-corrected chi connectivity index (χ1v) is 24.4. The molecular formula is C49H46F4N12O5S. The molecule has 2 N–H and O–H groups in total. The highest BCUT2D eigenvalue weighted by atomic mass is 32.1. The summed E-state index contributed by atoms with van der Waals surface area (Å²) in [6.07, 6.45) is 4.82. The topological polar surface area (TPSA) is 174 Å². The Bertz CT molecular complexity index is 3200. The number of urea groups is 1. The molecule has 3 aromatic heterocycles. The van der Waals surface area contributed by atoms with Crippen LogP contribution < -0.4 is 20.4 Å². The van der Waals surface area contributed by atoms with Gasteiger partial charge in [0.25, 0.3) is 17.7 Å². The summed E-state index contributed by atoms with van der Waals surface area (Å²) in [5.74, 6) is -7.66. The molecule has 3 aromatic carbocycles. The van der Waals surface area contributed by atoms with Gasteiger partial charge in [-0.25, -0.2) is 32.3 Å². The SMILES string of the molecule is Cn1nc(N2CCC(=O)NC2=O)c2cc(F)c([C@@H]3CCN(CC(=O)N4CC5(C4)CN(c4ccc(-c6cc(F)c7c(c6)C(=O)N(C(C(=O)Nc6nccs6)c6ncn8c6CCC8)C7)cc4)C5)CC3(F)F)cc21. The molecule has 71 heavy (non-hydrogen) atoms. The Morgan fingerprint density at radius 2 is 1.73 bits per heavy atom. The number of halogens is 4. The Hall–Kier alpha value is -7.20. The van der Waals surface area contributed by atoms with Crippen molar-refractivity contribution in [3.8, 4) is 11.1 Å². The number of carbonyl (C=O) groups excluding carboxylic acids is 5. The average Bonchev–Trinajstić information content (AvgIpc) is 4.16. The maximum Gasteiger partial charge on any atom is 0.329 e. The number of likely N-dealkylation sites (tertiary alicyclic amines) is 2. The summed E-state index contributed by atoms with van der Waals surface area (Å²) in [4.78, 5) is 82.3. The first kappa shape index (κ1) is 45.0. The molecule has 6 aliphatic heterocycles. The monoisotopic (exact) mass is 990 g/mol. The molecule has 6 aromatic rings. The molecule has 1 spiro atoms. The molecule has 0 radical (unpaired) electrons. The predicted molar refractivity (Wildman–Crippen MR) is 252 cm³/mol. The zero-order valence-electron chi connectivity index (χ0n) is 38.3. The highest BCUT2D eigenvalue weighted by Gasteiger charge is 2.54. The van der Waals surface area contributed by atoms with Crippen molar-refractivity contribution in [1.82, 2.24) is 44.3 Å². The van der Waals surface area contributed by atoms with Gasteiger partial charge >= 0.3 is 6.03 Å². The molecule has 0 saturated carbocycles. The van der Waals surface area contributed by atoms with Crippen LogP contribution in [0.4, 0.5) is 39.0 Å². The molecule has 2 atom stereocenters. The van der Waals surface area contributed by atoms with Crippen LogP contribution in [-0.2, 0) is 40.9 Å². The lowest BCUT2D eigenvalue weighted by Crippen LogP contribution is -2.73. The number of aromatic nitrogens is 5. The van der Waals surface area contributed by atoms with Gasteiger partial charge in [0.2, 0.25) is 11.8 Å². The number of piperidine rings is 1. The van der Waals surface area contributed by atoms with Crippen molar-refractivity contribution >= 4 is 68.5 Å². The number of alkyl halides is 2. The van der Waals surface area contributed by atoms with Crippen LogP contribution >= 0.6 is 11.3 Å². The van der Waals surface area contributed by atoms with Gasteiger partial charge in [-0.05, 0) is 78.9 Å². The minimum atomic E-state index is -3.35. The molecule has 4 saturated heterocycles. The summed E-state index contributed by atoms with van der Waals surface area (Å²) < 4.78 is 66.9. The third-order valence-electron chi connectivity index (χ3n) is 15.0. The Balaban J connectivity index is 0.655. The van der Waals surface area contributed by atoms with Crippen molar-refractivity contribution < 1.29 is 41.5 Å². The Morgan fingerprint density at radius 1 is 0.930 bits per heavy atom. The fraction of sp³-hybridized carbons (Fsp3) is 0.388. The maximum atomic E-state index is 16.0. The quantitative estimate of drug-likeness (QED) is 0.163. The molecule has 4 fully saturated rings. The van der Waals surface area contributed by atoms with E-state index in [1.807, 2.05) is 28.8 Å². The van der Waals surface area contributed by atoms with Crippen LogP contribution in [0.15, 0.2) is 66.4 Å². The average molecular weight is 991 g/mol. The van der Waals surface area contributed by atoms with E-state index in [4.69, 9.17) is 0 Å². The van der Waals surface area contributed by atoms with E-state index < -0.39 is 59.8 Å². The van der Waals surface area contributed by atoms with E-state index in [0.29, 0.717) is 60.1 Å². The van der Waals surface area contributed by atoms with Crippen LogP contribution in [0.2, 0.25) is 0 Å². The number of imidazole rings is 1. The zero-order valence-corrected chi connectivity index (χ0v) is 39.2. The second-order valence-electron chi connectivity index (χ2n) is 19.6. The predicted octanol–water partition coefficient (Wildman–Crippen LogP) is 5.67. The standard InChI is InChI=1S/C49H46F4N12O5S/c1-59-38-18-31(36(51)17-32(38)43(58-59)64-13-9-39(66)56-47(64)70)34-8-12-60(25-49(34,52)53)20-40(67)63-23-48(24-63)21-62(22-48)29-6-4-27(5-7-29)28-15-30-33(35(50)16-28)19-65(45(30)69)42(44(68)57-46-54-10-14-71-46)41-37-3-2-11-61(37)26-55-41/h4-7,10,14-18,26,34,42H,2-3,8-9,11-13,19-25H2,1H3,(H,54,57,68)(H,56,66,70)/t34-,42?/m0/s1. The lowest BCUT2D eigenvalue weighted by atomic mass is 9.72. The highest BCUT2D eigenvalue weighted by molar-refractivity contribution is 7.13. The zero-order chi connectivity index (χ0) is 49.1. The molecule has 366 valence electrons. The first-order chi connectivity index (χ1) is 34.1. The molecule has 6 amide bonds. The molecular weight excluding hydrogens is 945 g/mol. The molecule has 1 unspecified atom stereocenters. The van der Waals surface area contributed by atoms with E-state index in [2.05, 4.69) is 30.6 Å². The van der Waals surface area contributed by atoms with Crippen molar-refractivity contribution in [3.05, 3.63) is 106 Å². The number of amides is 6. The van der Waals surface area contributed by atoms with Crippen molar-refractivity contribution in [2.45, 2.75) is 56.7 Å². The van der Waals surface area contributed by atoms with Gasteiger partial charge in [0.15, 0.2) is 17.0 Å². The number of fused-ring (bicyclic) bond motifs is 3. The van der Waals surface area contributed by atoms with Gasteiger partial charge in [0, 0.05) is 97.6 Å². The Morgan fingerprint density at radius 3 is 2.48 bits per heavy atom. The van der Waals surface area contributed by atoms with Gasteiger partial charge in [-0.2, -0.15) is 5.10 Å². The second-order valence-corrected chi connectivity index (χ2v) is 20.5. The van der Waals surface area contributed by atoms with Crippen LogP contribution in [0, 0.1) is 17.0 Å². The van der Waals surface area contributed by atoms with Crippen LogP contribution in [0.5, 0.6) is 0 Å². The number of carbonyl (C=O) groups is 5. The Kier molecular flexibility index (Phi) is 10.6. The first-order valence-electron chi connectivity index (χ1n) is 23.5. The summed E-state index contributed by atoms with van der Waals surface area (Å²) in [7, 11) is 1.57. The van der Waals surface area contributed by atoms with Gasteiger partial charge < -0.3 is 19.3 Å². The normalized spacial score (nSPS) is 20.8. The summed E-state index contributed by atoms with van der Waals surface area (Å²) in [6, 6.07) is 11.4. The number of thiazole rings is 1. The number of hydrogen-bond acceptors (Lipinski definition) is 11. The second kappa shape index (κ2) is 16.7. The molecule has 12 rings (SSSR count). The Labute approximate surface area is 407 Å². The molecule has 0 aliphatic carbocycles. The number of anilines is 3. The lowest BCUT2D eigenvalue weighted by Gasteiger charge is -2.61. The van der Waals surface area contributed by atoms with E-state index in [1.54, 1.807) is 35.9 Å². The largest absolute Gasteiger partial charge is 0.370 e. The van der Waals surface area contributed by atoms with Gasteiger partial charge in [0.05, 0.1) is 43.1 Å². The van der Waals surface area contributed by atoms with Crippen molar-refractivity contribution in [2.24, 2.45) is 12.5 Å². The maximum absolute atomic E-state index is 16.0. The third kappa shape index (κ3) is 7.69. The number of benzene rings is 3. The minimum absolute atomic E-state index is 0.0414. The summed E-state index contributed by atoms with van der Waals surface area (Å²) in [5.41, 5.74) is 4.01. The van der Waals surface area contributed by atoms with E-state index in [9.17, 15) is 24.0 Å². The molecule has 6 aliphatic rings. The van der Waals surface area contributed by atoms with Gasteiger partial charge in [-0.1, -0.05) is 12.1 Å². The number of imide groups is 1. The minimum Gasteiger partial charge on any atom is -0.370 e. The van der Waals surface area contributed by atoms with Crippen LogP contribution in [0.3, 0.4) is 0 Å². The summed E-state index contributed by atoms with van der Waals surface area (Å²) >= 11 is 1.25. The highest BCUT2D eigenvalue weighted by Crippen LogP contribution is 2.46. The van der Waals surface area contributed by atoms with Crippen molar-refractivity contribution in [3.63, 3.8) is 0 Å². The number of aryl methyl sites for hydroxylation is 2. The van der Waals surface area contributed by atoms with E-state index in [-0.39, 0.29) is 78.2 Å². The van der Waals surface area contributed by atoms with Crippen LogP contribution in [-0.4, -0.2) is 127 Å². The van der Waals surface area contributed by atoms with Crippen molar-refractivity contribution in [2.75, 3.05) is 67.5 Å². The van der Waals surface area contributed by atoms with Crippen LogP contribution in [0.1, 0.15) is 64.1 Å². The summed E-state index contributed by atoms with van der Waals surface area (Å²) in [6.45, 7) is 2.36. The van der Waals surface area contributed by atoms with E-state index >= 15 is 17.6 Å². The number of nitrogens with one attached hydrogen (secondary N) is 2. The fourth-order valence-corrected chi connectivity index (χ4v) is 12.0. The van der Waals surface area contributed by atoms with E-state index in [0.717, 1.165) is 30.4 Å². The number of nitrogens with zero attached hydrogens (tertiary/aromatic N) is 10. The number of rotatable bonds is 10. The smallest absolute Gasteiger partial charge is 0.329 e. The van der Waals surface area contributed by atoms with Gasteiger partial charge in [-0.15, -0.1) is 11.3 Å². The third-order valence-corrected chi connectivity index (χ3v) is 15.7. The summed E-state index contributed by atoms with van der Waals surface area (Å²) in [5, 5.41) is 11.8. The van der Waals surface area contributed by atoms with Crippen LogP contribution in [0.25, 0.3) is 22.0 Å². The van der Waals surface area contributed by atoms with Gasteiger partial charge in [0.1, 0.15) is 11.6 Å². The molecule has 22 heteroatoms. The lowest BCUT2D eigenvalue weighted by molar-refractivity contribution is -0.149. The molecule has 17 nitrogen and oxygen atoms in total. The molecule has 0 bridgehead atoms. The van der Waals surface area contributed by atoms with E-state index in [1.165, 1.54) is 42.9 Å². The molecule has 9 heterocycles.